The van der Waals surface area contributed by atoms with Crippen LogP contribution < -0.4 is 0 Å². The molecule has 0 saturated carbocycles. The Morgan fingerprint density at radius 3 is 2.44 bits per heavy atom. The molecule has 0 spiro atoms. The first-order chi connectivity index (χ1) is 7.66. The van der Waals surface area contributed by atoms with Crippen molar-refractivity contribution in [1.29, 1.82) is 0 Å². The van der Waals surface area contributed by atoms with Gasteiger partial charge in [-0.05, 0) is 12.3 Å². The Morgan fingerprint density at radius 1 is 1.31 bits per heavy atom. The molecule has 1 aliphatic rings. The summed E-state index contributed by atoms with van der Waals surface area (Å²) >= 11 is 0. The highest BCUT2D eigenvalue weighted by molar-refractivity contribution is 4.92. The Hall–Kier alpha value is -0.160. The Morgan fingerprint density at radius 2 is 1.94 bits per heavy atom. The zero-order valence-corrected chi connectivity index (χ0v) is 10.6. The zero-order valence-electron chi connectivity index (χ0n) is 10.6. The molecular weight excluding hydrogens is 208 g/mol. The lowest BCUT2D eigenvalue weighted by atomic mass is 9.81. The fraction of sp³-hybridized carbons (Fsp3) is 1.00. The molecule has 1 aliphatic heterocycles. The van der Waals surface area contributed by atoms with Gasteiger partial charge in [-0.1, -0.05) is 6.92 Å². The van der Waals surface area contributed by atoms with Crippen LogP contribution in [0.4, 0.5) is 0 Å². The molecule has 0 amide bonds. The van der Waals surface area contributed by atoms with Gasteiger partial charge in [0.1, 0.15) is 0 Å². The Kier molecular flexibility index (Phi) is 5.69. The van der Waals surface area contributed by atoms with Crippen LogP contribution in [-0.2, 0) is 14.2 Å². The molecule has 1 heterocycles. The van der Waals surface area contributed by atoms with Gasteiger partial charge in [-0.3, -0.25) is 0 Å². The van der Waals surface area contributed by atoms with Crippen molar-refractivity contribution in [2.75, 3.05) is 34.0 Å². The molecule has 0 aromatic carbocycles. The van der Waals surface area contributed by atoms with Crippen molar-refractivity contribution in [2.24, 2.45) is 5.92 Å². The lowest BCUT2D eigenvalue weighted by Crippen LogP contribution is -2.51. The molecule has 2 atom stereocenters. The van der Waals surface area contributed by atoms with Crippen LogP contribution in [0.2, 0.25) is 0 Å². The summed E-state index contributed by atoms with van der Waals surface area (Å²) in [6, 6.07) is 0. The molecule has 1 saturated heterocycles. The SMILES string of the molecule is COCCC(C)C(O)C1(OC)CCOCC1. The van der Waals surface area contributed by atoms with Gasteiger partial charge in [0.2, 0.25) is 0 Å². The second kappa shape index (κ2) is 6.55. The molecular formula is C12H24O4. The van der Waals surface area contributed by atoms with E-state index < -0.39 is 11.7 Å². The van der Waals surface area contributed by atoms with Crippen LogP contribution in [-0.4, -0.2) is 50.9 Å². The lowest BCUT2D eigenvalue weighted by molar-refractivity contribution is -0.167. The standard InChI is InChI=1S/C12H24O4/c1-10(4-7-14-2)11(13)12(15-3)5-8-16-9-6-12/h10-11,13H,4-9H2,1-3H3. The predicted molar refractivity (Wildman–Crippen MR) is 61.5 cm³/mol. The predicted octanol–water partition coefficient (Wildman–Crippen LogP) is 1.22. The van der Waals surface area contributed by atoms with Gasteiger partial charge in [0, 0.05) is 46.9 Å². The third-order valence-corrected chi connectivity index (χ3v) is 3.60. The number of methoxy groups -OCH3 is 2. The maximum absolute atomic E-state index is 10.4. The summed E-state index contributed by atoms with van der Waals surface area (Å²) in [5.41, 5.74) is -0.425. The van der Waals surface area contributed by atoms with Crippen LogP contribution in [0.15, 0.2) is 0 Å². The molecule has 0 aromatic rings. The minimum atomic E-state index is -0.448. The monoisotopic (exact) mass is 232 g/mol. The van der Waals surface area contributed by atoms with E-state index in [9.17, 15) is 5.11 Å². The van der Waals surface area contributed by atoms with E-state index in [0.717, 1.165) is 19.3 Å². The highest BCUT2D eigenvalue weighted by atomic mass is 16.5. The van der Waals surface area contributed by atoms with Gasteiger partial charge in [-0.15, -0.1) is 0 Å². The molecule has 96 valence electrons. The van der Waals surface area contributed by atoms with E-state index in [-0.39, 0.29) is 5.92 Å². The van der Waals surface area contributed by atoms with Crippen molar-refractivity contribution >= 4 is 0 Å². The first kappa shape index (κ1) is 13.9. The van der Waals surface area contributed by atoms with Crippen LogP contribution in [0.5, 0.6) is 0 Å². The minimum Gasteiger partial charge on any atom is -0.390 e. The van der Waals surface area contributed by atoms with E-state index in [4.69, 9.17) is 14.2 Å². The summed E-state index contributed by atoms with van der Waals surface area (Å²) < 4.78 is 15.9. The van der Waals surface area contributed by atoms with E-state index in [1.165, 1.54) is 0 Å². The van der Waals surface area contributed by atoms with Crippen molar-refractivity contribution in [1.82, 2.24) is 0 Å². The maximum Gasteiger partial charge on any atom is 0.0982 e. The van der Waals surface area contributed by atoms with Gasteiger partial charge in [0.25, 0.3) is 0 Å². The van der Waals surface area contributed by atoms with Crippen molar-refractivity contribution in [3.8, 4) is 0 Å². The first-order valence-corrected chi connectivity index (χ1v) is 5.96. The Balaban J connectivity index is 2.56. The van der Waals surface area contributed by atoms with Crippen LogP contribution in [0.3, 0.4) is 0 Å². The fourth-order valence-electron chi connectivity index (χ4n) is 2.32. The van der Waals surface area contributed by atoms with Gasteiger partial charge >= 0.3 is 0 Å². The zero-order chi connectivity index (χ0) is 12.0. The second-order valence-corrected chi connectivity index (χ2v) is 4.58. The topological polar surface area (TPSA) is 47.9 Å². The molecule has 0 bridgehead atoms. The van der Waals surface area contributed by atoms with E-state index >= 15 is 0 Å². The van der Waals surface area contributed by atoms with Gasteiger partial charge < -0.3 is 19.3 Å². The summed E-state index contributed by atoms with van der Waals surface area (Å²) in [7, 11) is 3.36. The van der Waals surface area contributed by atoms with Crippen molar-refractivity contribution in [3.63, 3.8) is 0 Å². The quantitative estimate of drug-likeness (QED) is 0.748. The number of rotatable bonds is 6. The molecule has 1 N–H and O–H groups in total. The minimum absolute atomic E-state index is 0.179. The fourth-order valence-corrected chi connectivity index (χ4v) is 2.32. The van der Waals surface area contributed by atoms with Gasteiger partial charge in [0.15, 0.2) is 0 Å². The van der Waals surface area contributed by atoms with E-state index in [1.807, 2.05) is 6.92 Å². The smallest absolute Gasteiger partial charge is 0.0982 e. The van der Waals surface area contributed by atoms with Gasteiger partial charge in [-0.25, -0.2) is 0 Å². The average molecular weight is 232 g/mol. The molecule has 1 rings (SSSR count). The van der Waals surface area contributed by atoms with E-state index in [2.05, 4.69) is 0 Å². The summed E-state index contributed by atoms with van der Waals surface area (Å²) in [6.45, 7) is 4.05. The second-order valence-electron chi connectivity index (χ2n) is 4.58. The molecule has 0 radical (unpaired) electrons. The average Bonchev–Trinajstić information content (AvgIpc) is 2.35. The number of aliphatic hydroxyl groups excluding tert-OH is 1. The molecule has 2 unspecified atom stereocenters. The Bertz CT molecular complexity index is 189. The molecule has 1 fully saturated rings. The number of hydrogen-bond acceptors (Lipinski definition) is 4. The maximum atomic E-state index is 10.4. The summed E-state index contributed by atoms with van der Waals surface area (Å²) in [5.74, 6) is 0.179. The van der Waals surface area contributed by atoms with Gasteiger partial charge in [0.05, 0.1) is 11.7 Å². The highest BCUT2D eigenvalue weighted by Crippen LogP contribution is 2.32. The normalized spacial score (nSPS) is 24.0. The molecule has 4 heteroatoms. The van der Waals surface area contributed by atoms with Crippen molar-refractivity contribution in [2.45, 2.75) is 37.9 Å². The Labute approximate surface area is 97.9 Å². The van der Waals surface area contributed by atoms with Crippen LogP contribution >= 0.6 is 0 Å². The summed E-state index contributed by atoms with van der Waals surface area (Å²) in [4.78, 5) is 0. The third kappa shape index (κ3) is 3.17. The van der Waals surface area contributed by atoms with Crippen molar-refractivity contribution in [3.05, 3.63) is 0 Å². The lowest BCUT2D eigenvalue weighted by Gasteiger charge is -2.42. The third-order valence-electron chi connectivity index (χ3n) is 3.60. The van der Waals surface area contributed by atoms with Crippen LogP contribution in [0.1, 0.15) is 26.2 Å². The van der Waals surface area contributed by atoms with Crippen LogP contribution in [0, 0.1) is 5.92 Å². The van der Waals surface area contributed by atoms with Gasteiger partial charge in [-0.2, -0.15) is 0 Å². The largest absolute Gasteiger partial charge is 0.390 e. The number of ether oxygens (including phenoxy) is 3. The van der Waals surface area contributed by atoms with Crippen molar-refractivity contribution < 1.29 is 19.3 Å². The van der Waals surface area contributed by atoms with E-state index in [0.29, 0.717) is 19.8 Å². The highest BCUT2D eigenvalue weighted by Gasteiger charge is 2.42. The molecule has 16 heavy (non-hydrogen) atoms. The number of aliphatic hydroxyl groups is 1. The summed E-state index contributed by atoms with van der Waals surface area (Å²) in [6.07, 6.45) is 1.93. The molecule has 0 aromatic heterocycles. The molecule has 0 aliphatic carbocycles. The summed E-state index contributed by atoms with van der Waals surface area (Å²) in [5, 5.41) is 10.4. The van der Waals surface area contributed by atoms with Crippen LogP contribution in [0.25, 0.3) is 0 Å². The van der Waals surface area contributed by atoms with E-state index in [1.54, 1.807) is 14.2 Å². The molecule has 4 nitrogen and oxygen atoms in total. The first-order valence-electron chi connectivity index (χ1n) is 5.96. The number of hydrogen-bond donors (Lipinski definition) is 1.